The average Bonchev–Trinajstić information content (AvgIpc) is 2.73. The Labute approximate surface area is 104 Å². The van der Waals surface area contributed by atoms with Crippen LogP contribution in [0.25, 0.3) is 0 Å². The molecule has 1 aliphatic rings. The zero-order valence-corrected chi connectivity index (χ0v) is 11.3. The zero-order chi connectivity index (χ0) is 13.1. The molecule has 0 saturated heterocycles. The van der Waals surface area contributed by atoms with Gasteiger partial charge in [0, 0.05) is 13.6 Å². The van der Waals surface area contributed by atoms with Crippen LogP contribution >= 0.6 is 0 Å². The maximum absolute atomic E-state index is 12.2. The molecule has 3 N–H and O–H groups in total. The third kappa shape index (κ3) is 3.19. The van der Waals surface area contributed by atoms with Gasteiger partial charge in [-0.2, -0.15) is 0 Å². The molecule has 0 unspecified atom stereocenters. The number of likely N-dealkylation sites (N-methyl/N-ethyl adjacent to an activating group) is 1. The molecule has 0 atom stereocenters. The van der Waals surface area contributed by atoms with Gasteiger partial charge in [0.25, 0.3) is 0 Å². The van der Waals surface area contributed by atoms with Gasteiger partial charge in [-0.05, 0) is 25.7 Å². The highest BCUT2D eigenvalue weighted by Crippen LogP contribution is 2.30. The summed E-state index contributed by atoms with van der Waals surface area (Å²) >= 11 is 0. The van der Waals surface area contributed by atoms with Crippen LogP contribution in [0.3, 0.4) is 0 Å². The Morgan fingerprint density at radius 2 is 1.82 bits per heavy atom. The summed E-state index contributed by atoms with van der Waals surface area (Å²) in [5.74, 6) is -0.0529. The molecule has 0 radical (unpaired) electrons. The average molecular weight is 242 g/mol. The van der Waals surface area contributed by atoms with Crippen LogP contribution in [-0.4, -0.2) is 40.6 Å². The topological polar surface area (TPSA) is 66.6 Å². The number of hydrogen-bond donors (Lipinski definition) is 2. The van der Waals surface area contributed by atoms with E-state index in [1.807, 2.05) is 13.8 Å². The summed E-state index contributed by atoms with van der Waals surface area (Å²) < 4.78 is 0. The lowest BCUT2D eigenvalue weighted by atomic mass is 9.91. The summed E-state index contributed by atoms with van der Waals surface area (Å²) in [6.07, 6.45) is 4.94. The maximum Gasteiger partial charge on any atom is 0.242 e. The van der Waals surface area contributed by atoms with E-state index >= 15 is 0 Å². The van der Waals surface area contributed by atoms with E-state index < -0.39 is 11.1 Å². The highest BCUT2D eigenvalue weighted by Gasteiger charge is 2.38. The highest BCUT2D eigenvalue weighted by atomic mass is 16.3. The van der Waals surface area contributed by atoms with Crippen LogP contribution in [-0.2, 0) is 4.79 Å². The number of nitrogens with two attached hydrogens (primary N) is 1. The lowest BCUT2D eigenvalue weighted by Gasteiger charge is -2.34. The van der Waals surface area contributed by atoms with Gasteiger partial charge in [-0.3, -0.25) is 4.79 Å². The Balaban J connectivity index is 2.63. The largest absolute Gasteiger partial charge is 0.388 e. The normalized spacial score (nSPS) is 19.4. The maximum atomic E-state index is 12.2. The molecule has 1 rings (SSSR count). The van der Waals surface area contributed by atoms with E-state index in [0.717, 1.165) is 25.7 Å². The van der Waals surface area contributed by atoms with Gasteiger partial charge in [-0.15, -0.1) is 0 Å². The van der Waals surface area contributed by atoms with E-state index in [9.17, 15) is 9.90 Å². The third-order valence-electron chi connectivity index (χ3n) is 4.10. The molecule has 17 heavy (non-hydrogen) atoms. The van der Waals surface area contributed by atoms with Crippen LogP contribution in [0.2, 0.25) is 0 Å². The summed E-state index contributed by atoms with van der Waals surface area (Å²) in [5, 5.41) is 10.3. The Bertz CT molecular complexity index is 269. The molecular formula is C13H26N2O2. The van der Waals surface area contributed by atoms with Crippen LogP contribution in [0.5, 0.6) is 0 Å². The van der Waals surface area contributed by atoms with Gasteiger partial charge in [0.15, 0.2) is 0 Å². The molecule has 0 spiro atoms. The lowest BCUT2D eigenvalue weighted by Crippen LogP contribution is -2.56. The Kier molecular flexibility index (Phi) is 4.55. The van der Waals surface area contributed by atoms with E-state index in [-0.39, 0.29) is 5.91 Å². The molecule has 1 amide bonds. The molecule has 0 aliphatic heterocycles. The van der Waals surface area contributed by atoms with Gasteiger partial charge in [0.05, 0.1) is 11.1 Å². The molecule has 4 nitrogen and oxygen atoms in total. The molecule has 100 valence electrons. The first-order chi connectivity index (χ1) is 7.87. The Morgan fingerprint density at radius 3 is 2.24 bits per heavy atom. The van der Waals surface area contributed by atoms with E-state index in [1.165, 1.54) is 0 Å². The third-order valence-corrected chi connectivity index (χ3v) is 4.10. The van der Waals surface area contributed by atoms with Crippen molar-refractivity contribution in [1.82, 2.24) is 4.90 Å². The van der Waals surface area contributed by atoms with Crippen molar-refractivity contribution in [3.05, 3.63) is 0 Å². The second-order valence-electron chi connectivity index (χ2n) is 5.46. The second-order valence-corrected chi connectivity index (χ2v) is 5.46. The molecular weight excluding hydrogens is 216 g/mol. The molecule has 4 heteroatoms. The van der Waals surface area contributed by atoms with Gasteiger partial charge in [-0.25, -0.2) is 0 Å². The van der Waals surface area contributed by atoms with Crippen molar-refractivity contribution >= 4 is 5.91 Å². The fourth-order valence-electron chi connectivity index (χ4n) is 2.64. The van der Waals surface area contributed by atoms with E-state index in [1.54, 1.807) is 11.9 Å². The van der Waals surface area contributed by atoms with Crippen molar-refractivity contribution in [3.63, 3.8) is 0 Å². The number of aliphatic hydroxyl groups is 1. The van der Waals surface area contributed by atoms with Crippen molar-refractivity contribution in [2.75, 3.05) is 13.6 Å². The second kappa shape index (κ2) is 5.36. The zero-order valence-electron chi connectivity index (χ0n) is 11.3. The van der Waals surface area contributed by atoms with E-state index in [4.69, 9.17) is 5.73 Å². The molecule has 0 aromatic carbocycles. The molecule has 1 saturated carbocycles. The molecule has 1 aliphatic carbocycles. The SMILES string of the molecule is CCC(N)(CC)C(=O)N(C)CC1(O)CCCC1. The molecule has 0 heterocycles. The van der Waals surface area contributed by atoms with Gasteiger partial charge >= 0.3 is 0 Å². The minimum atomic E-state index is -0.774. The quantitative estimate of drug-likeness (QED) is 0.763. The predicted molar refractivity (Wildman–Crippen MR) is 68.6 cm³/mol. The molecule has 0 bridgehead atoms. The predicted octanol–water partition coefficient (Wildman–Crippen LogP) is 1.27. The van der Waals surface area contributed by atoms with Crippen molar-refractivity contribution in [3.8, 4) is 0 Å². The monoisotopic (exact) mass is 242 g/mol. The van der Waals surface area contributed by atoms with Crippen LogP contribution in [0, 0.1) is 0 Å². The van der Waals surface area contributed by atoms with Crippen LogP contribution in [0.15, 0.2) is 0 Å². The minimum absolute atomic E-state index is 0.0529. The summed E-state index contributed by atoms with van der Waals surface area (Å²) in [6, 6.07) is 0. The van der Waals surface area contributed by atoms with E-state index in [0.29, 0.717) is 19.4 Å². The van der Waals surface area contributed by atoms with Gasteiger partial charge in [0.2, 0.25) is 5.91 Å². The van der Waals surface area contributed by atoms with Crippen LogP contribution in [0.4, 0.5) is 0 Å². The van der Waals surface area contributed by atoms with Crippen LogP contribution < -0.4 is 5.73 Å². The number of carbonyl (C=O) groups excluding carboxylic acids is 1. The Morgan fingerprint density at radius 1 is 1.35 bits per heavy atom. The van der Waals surface area contributed by atoms with Crippen molar-refractivity contribution in [2.45, 2.75) is 63.5 Å². The first-order valence-electron chi connectivity index (χ1n) is 6.64. The fraction of sp³-hybridized carbons (Fsp3) is 0.923. The summed E-state index contributed by atoms with van der Waals surface area (Å²) in [4.78, 5) is 13.9. The van der Waals surface area contributed by atoms with Gasteiger partial charge < -0.3 is 15.7 Å². The van der Waals surface area contributed by atoms with Crippen LogP contribution in [0.1, 0.15) is 52.4 Å². The van der Waals surface area contributed by atoms with Gasteiger partial charge in [0.1, 0.15) is 0 Å². The molecule has 0 aromatic heterocycles. The number of rotatable bonds is 5. The van der Waals surface area contributed by atoms with Crippen molar-refractivity contribution < 1.29 is 9.90 Å². The molecule has 1 fully saturated rings. The highest BCUT2D eigenvalue weighted by molar-refractivity contribution is 5.85. The number of hydrogen-bond acceptors (Lipinski definition) is 3. The Hall–Kier alpha value is -0.610. The minimum Gasteiger partial charge on any atom is -0.388 e. The number of amides is 1. The first kappa shape index (κ1) is 14.5. The first-order valence-corrected chi connectivity index (χ1v) is 6.64. The summed E-state index contributed by atoms with van der Waals surface area (Å²) in [7, 11) is 1.74. The summed E-state index contributed by atoms with van der Waals surface area (Å²) in [5.41, 5.74) is 4.62. The standard InChI is InChI=1S/C13H26N2O2/c1-4-13(14,5-2)11(16)15(3)10-12(17)8-6-7-9-12/h17H,4-10,14H2,1-3H3. The van der Waals surface area contributed by atoms with Crippen molar-refractivity contribution in [2.24, 2.45) is 5.73 Å². The molecule has 0 aromatic rings. The fourth-order valence-corrected chi connectivity index (χ4v) is 2.64. The van der Waals surface area contributed by atoms with Crippen molar-refractivity contribution in [1.29, 1.82) is 0 Å². The number of nitrogens with zero attached hydrogens (tertiary/aromatic N) is 1. The number of carbonyl (C=O) groups is 1. The lowest BCUT2D eigenvalue weighted by molar-refractivity contribution is -0.139. The smallest absolute Gasteiger partial charge is 0.242 e. The van der Waals surface area contributed by atoms with Gasteiger partial charge in [-0.1, -0.05) is 26.7 Å². The summed E-state index contributed by atoms with van der Waals surface area (Å²) in [6.45, 7) is 4.27. The van der Waals surface area contributed by atoms with E-state index in [2.05, 4.69) is 0 Å².